The first-order valence-corrected chi connectivity index (χ1v) is 5.50. The summed E-state index contributed by atoms with van der Waals surface area (Å²) in [6.45, 7) is 3.59. The third-order valence-corrected chi connectivity index (χ3v) is 2.21. The number of carbonyl (C=O) groups is 1. The van der Waals surface area contributed by atoms with Crippen molar-refractivity contribution in [2.24, 2.45) is 5.84 Å². The summed E-state index contributed by atoms with van der Waals surface area (Å²) in [5.74, 6) is 3.00. The number of nitrogens with two attached hydrogens (primary N) is 1. The number of carbonyl (C=O) groups excluding carboxylic acids is 1. The van der Waals surface area contributed by atoms with E-state index in [4.69, 9.17) is 0 Å². The highest BCUT2D eigenvalue weighted by Crippen LogP contribution is 2.20. The minimum absolute atomic E-state index is 0.507. The zero-order chi connectivity index (χ0) is 12.6. The second-order valence-electron chi connectivity index (χ2n) is 3.77. The molecule has 16 heavy (non-hydrogen) atoms. The van der Waals surface area contributed by atoms with Crippen molar-refractivity contribution >= 4 is 5.91 Å². The van der Waals surface area contributed by atoms with Crippen LogP contribution >= 0.6 is 0 Å². The Morgan fingerprint density at radius 1 is 1.44 bits per heavy atom. The van der Waals surface area contributed by atoms with Crippen molar-refractivity contribution in [2.75, 3.05) is 0 Å². The minimum atomic E-state index is -3.85. The molecule has 0 radical (unpaired) electrons. The molecular weight excluding hydrogens is 218 g/mol. The van der Waals surface area contributed by atoms with Crippen molar-refractivity contribution in [1.82, 2.24) is 5.43 Å². The van der Waals surface area contributed by atoms with E-state index in [9.17, 15) is 13.6 Å². The molecule has 0 aliphatic heterocycles. The molecule has 0 aliphatic carbocycles. The van der Waals surface area contributed by atoms with E-state index in [0.717, 1.165) is 25.7 Å². The van der Waals surface area contributed by atoms with Gasteiger partial charge in [0, 0.05) is 0 Å². The Kier molecular flexibility index (Phi) is 7.16. The van der Waals surface area contributed by atoms with Crippen molar-refractivity contribution in [3.05, 3.63) is 0 Å². The molecule has 0 aliphatic rings. The second kappa shape index (κ2) is 7.51. The molecule has 0 saturated carbocycles. The van der Waals surface area contributed by atoms with E-state index in [2.05, 4.69) is 17.5 Å². The van der Waals surface area contributed by atoms with Gasteiger partial charge in [0.1, 0.15) is 0 Å². The van der Waals surface area contributed by atoms with E-state index in [1.54, 1.807) is 0 Å². The number of nitrogens with one attached hydrogen (secondary N) is 1. The van der Waals surface area contributed by atoms with Crippen LogP contribution in [-0.4, -0.2) is 18.1 Å². The highest BCUT2D eigenvalue weighted by molar-refractivity contribution is 5.81. The van der Waals surface area contributed by atoms with Crippen LogP contribution in [0, 0.1) is 0 Å². The topological polar surface area (TPSA) is 64.3 Å². The fraction of sp³-hybridized carbons (Fsp3) is 0.900. The van der Waals surface area contributed by atoms with Crippen LogP contribution in [0.4, 0.5) is 8.78 Å². The number of amides is 1. The SMILES string of the molecule is CCCCCCC(C)OC(F)(F)C(=O)NN. The van der Waals surface area contributed by atoms with Gasteiger partial charge in [-0.2, -0.15) is 8.78 Å². The molecule has 0 bridgehead atoms. The molecule has 1 unspecified atom stereocenters. The van der Waals surface area contributed by atoms with Gasteiger partial charge in [0.15, 0.2) is 0 Å². The first-order chi connectivity index (χ1) is 7.44. The van der Waals surface area contributed by atoms with Crippen LogP contribution in [-0.2, 0) is 9.53 Å². The standard InChI is InChI=1S/C10H20F2N2O2/c1-3-4-5-6-7-8(2)16-10(11,12)9(15)14-13/h8H,3-7,13H2,1-2H3,(H,14,15). The summed E-state index contributed by atoms with van der Waals surface area (Å²) in [6, 6.07) is 0. The van der Waals surface area contributed by atoms with Gasteiger partial charge in [0.25, 0.3) is 0 Å². The smallest absolute Gasteiger partial charge is 0.310 e. The number of alkyl halides is 2. The van der Waals surface area contributed by atoms with Crippen molar-refractivity contribution in [2.45, 2.75) is 58.2 Å². The molecule has 3 N–H and O–H groups in total. The number of unbranched alkanes of at least 4 members (excludes halogenated alkanes) is 3. The quantitative estimate of drug-likeness (QED) is 0.294. The maximum atomic E-state index is 12.9. The molecule has 1 atom stereocenters. The molecule has 0 saturated heterocycles. The lowest BCUT2D eigenvalue weighted by molar-refractivity contribution is -0.248. The summed E-state index contributed by atoms with van der Waals surface area (Å²) in [5.41, 5.74) is 1.37. The Hall–Kier alpha value is -0.750. The van der Waals surface area contributed by atoms with Crippen LogP contribution in [0.3, 0.4) is 0 Å². The van der Waals surface area contributed by atoms with Crippen LogP contribution in [0.15, 0.2) is 0 Å². The van der Waals surface area contributed by atoms with Gasteiger partial charge in [-0.05, 0) is 13.3 Å². The maximum Gasteiger partial charge on any atom is 0.438 e. The number of halogens is 2. The van der Waals surface area contributed by atoms with Crippen LogP contribution in [0.25, 0.3) is 0 Å². The van der Waals surface area contributed by atoms with Crippen molar-refractivity contribution in [3.8, 4) is 0 Å². The number of rotatable bonds is 8. The van der Waals surface area contributed by atoms with E-state index >= 15 is 0 Å². The number of hydrazine groups is 1. The molecule has 0 aromatic rings. The Morgan fingerprint density at radius 2 is 2.06 bits per heavy atom. The first kappa shape index (κ1) is 15.2. The average Bonchev–Trinajstić information content (AvgIpc) is 2.22. The van der Waals surface area contributed by atoms with Gasteiger partial charge >= 0.3 is 12.0 Å². The third-order valence-electron chi connectivity index (χ3n) is 2.21. The summed E-state index contributed by atoms with van der Waals surface area (Å²) in [7, 11) is 0. The monoisotopic (exact) mass is 238 g/mol. The van der Waals surface area contributed by atoms with E-state index in [-0.39, 0.29) is 0 Å². The van der Waals surface area contributed by atoms with E-state index in [1.807, 2.05) is 0 Å². The van der Waals surface area contributed by atoms with Crippen LogP contribution in [0.5, 0.6) is 0 Å². The Balaban J connectivity index is 3.85. The van der Waals surface area contributed by atoms with Crippen LogP contribution in [0.2, 0.25) is 0 Å². The van der Waals surface area contributed by atoms with Gasteiger partial charge < -0.3 is 4.74 Å². The fourth-order valence-corrected chi connectivity index (χ4v) is 1.31. The Labute approximate surface area is 94.5 Å². The number of hydrogen-bond donors (Lipinski definition) is 2. The van der Waals surface area contributed by atoms with Gasteiger partial charge in [-0.25, -0.2) is 5.84 Å². The predicted octanol–water partition coefficient (Wildman–Crippen LogP) is 1.94. The molecule has 0 rings (SSSR count). The molecule has 1 amide bonds. The molecule has 0 spiro atoms. The molecule has 0 fully saturated rings. The van der Waals surface area contributed by atoms with Crippen LogP contribution < -0.4 is 11.3 Å². The lowest BCUT2D eigenvalue weighted by Crippen LogP contribution is -2.46. The Morgan fingerprint density at radius 3 is 2.56 bits per heavy atom. The molecular formula is C10H20F2N2O2. The van der Waals surface area contributed by atoms with Crippen molar-refractivity contribution in [1.29, 1.82) is 0 Å². The van der Waals surface area contributed by atoms with Gasteiger partial charge in [-0.1, -0.05) is 32.6 Å². The van der Waals surface area contributed by atoms with Crippen molar-refractivity contribution in [3.63, 3.8) is 0 Å². The average molecular weight is 238 g/mol. The van der Waals surface area contributed by atoms with Crippen molar-refractivity contribution < 1.29 is 18.3 Å². The second-order valence-corrected chi connectivity index (χ2v) is 3.77. The fourth-order valence-electron chi connectivity index (χ4n) is 1.31. The van der Waals surface area contributed by atoms with E-state index in [1.165, 1.54) is 12.3 Å². The summed E-state index contributed by atoms with van der Waals surface area (Å²) in [5, 5.41) is 0. The first-order valence-electron chi connectivity index (χ1n) is 5.50. The normalized spacial score (nSPS) is 13.6. The zero-order valence-electron chi connectivity index (χ0n) is 9.76. The zero-order valence-corrected chi connectivity index (χ0v) is 9.76. The van der Waals surface area contributed by atoms with Gasteiger partial charge in [-0.15, -0.1) is 0 Å². The third kappa shape index (κ3) is 5.97. The van der Waals surface area contributed by atoms with Crippen LogP contribution in [0.1, 0.15) is 46.0 Å². The highest BCUT2D eigenvalue weighted by Gasteiger charge is 2.41. The number of hydrogen-bond acceptors (Lipinski definition) is 3. The van der Waals surface area contributed by atoms with Gasteiger partial charge in [0.05, 0.1) is 6.10 Å². The minimum Gasteiger partial charge on any atom is -0.310 e. The molecule has 4 nitrogen and oxygen atoms in total. The summed E-state index contributed by atoms with van der Waals surface area (Å²) in [6.07, 6.45) is -0.0438. The molecule has 6 heteroatoms. The predicted molar refractivity (Wildman–Crippen MR) is 56.6 cm³/mol. The highest BCUT2D eigenvalue weighted by atomic mass is 19.3. The molecule has 0 heterocycles. The maximum absolute atomic E-state index is 12.9. The summed E-state index contributed by atoms with van der Waals surface area (Å²) < 4.78 is 30.2. The van der Waals surface area contributed by atoms with Gasteiger partial charge in [0.2, 0.25) is 0 Å². The van der Waals surface area contributed by atoms with Gasteiger partial charge in [-0.3, -0.25) is 10.2 Å². The summed E-state index contributed by atoms with van der Waals surface area (Å²) in [4.78, 5) is 10.6. The molecule has 0 aromatic carbocycles. The summed E-state index contributed by atoms with van der Waals surface area (Å²) >= 11 is 0. The number of ether oxygens (including phenoxy) is 1. The largest absolute Gasteiger partial charge is 0.438 e. The Bertz CT molecular complexity index is 213. The lowest BCUT2D eigenvalue weighted by Gasteiger charge is -2.19. The molecule has 0 aromatic heterocycles. The van der Waals surface area contributed by atoms with E-state index < -0.39 is 18.1 Å². The van der Waals surface area contributed by atoms with E-state index in [0.29, 0.717) is 6.42 Å². The lowest BCUT2D eigenvalue weighted by atomic mass is 10.1. The molecule has 96 valence electrons.